The minimum absolute atomic E-state index is 0.0576. The van der Waals surface area contributed by atoms with Crippen LogP contribution in [0.1, 0.15) is 12.0 Å². The first-order valence-electron chi connectivity index (χ1n) is 5.71. The first-order chi connectivity index (χ1) is 9.01. The second kappa shape index (κ2) is 5.30. The second-order valence-corrected chi connectivity index (χ2v) is 4.68. The Hall–Kier alpha value is -1.40. The van der Waals surface area contributed by atoms with Crippen LogP contribution in [0.5, 0.6) is 5.75 Å². The van der Waals surface area contributed by atoms with Gasteiger partial charge in [0, 0.05) is 24.7 Å². The number of hydrogen-bond donors (Lipinski definition) is 1. The van der Waals surface area contributed by atoms with E-state index in [4.69, 9.17) is 22.1 Å². The topological polar surface area (TPSA) is 55.6 Å². The molecule has 104 valence electrons. The number of hydrogen-bond acceptors (Lipinski definition) is 3. The van der Waals surface area contributed by atoms with Crippen molar-refractivity contribution >= 4 is 23.2 Å². The summed E-state index contributed by atoms with van der Waals surface area (Å²) in [7, 11) is 1.22. The Kier molecular flexibility index (Phi) is 3.91. The molecule has 1 unspecified atom stereocenters. The van der Waals surface area contributed by atoms with Gasteiger partial charge in [0.1, 0.15) is 11.2 Å². The summed E-state index contributed by atoms with van der Waals surface area (Å²) in [4.78, 5) is 12.9. The molecule has 0 bridgehead atoms. The third-order valence-electron chi connectivity index (χ3n) is 3.09. The number of carbonyl (C=O) groups excluding carboxylic acids is 1. The highest BCUT2D eigenvalue weighted by Gasteiger charge is 2.34. The molecule has 4 nitrogen and oxygen atoms in total. The van der Waals surface area contributed by atoms with Crippen molar-refractivity contribution in [2.24, 2.45) is 5.73 Å². The predicted octanol–water partition coefficient (Wildman–Crippen LogP) is 1.78. The van der Waals surface area contributed by atoms with E-state index in [0.29, 0.717) is 6.42 Å². The third kappa shape index (κ3) is 2.26. The molecule has 1 saturated heterocycles. The maximum atomic E-state index is 14.3. The van der Waals surface area contributed by atoms with E-state index in [2.05, 4.69) is 0 Å². The first kappa shape index (κ1) is 14.0. The molecule has 1 aliphatic rings. The number of anilines is 1. The van der Waals surface area contributed by atoms with Crippen molar-refractivity contribution in [2.45, 2.75) is 18.3 Å². The maximum Gasteiger partial charge on any atom is 0.245 e. The molecule has 0 saturated carbocycles. The number of halogens is 3. The number of carbonyl (C=O) groups is 1. The van der Waals surface area contributed by atoms with E-state index in [1.807, 2.05) is 0 Å². The Bertz CT molecular complexity index is 525. The molecule has 1 heterocycles. The molecule has 1 fully saturated rings. The summed E-state index contributed by atoms with van der Waals surface area (Å²) in [6.45, 7) is 0.0484. The normalized spacial score (nSPS) is 19.1. The summed E-state index contributed by atoms with van der Waals surface area (Å²) in [6, 6.07) is 0.951. The van der Waals surface area contributed by atoms with E-state index < -0.39 is 22.9 Å². The molecular formula is C12H13ClF2N2O2. The maximum absolute atomic E-state index is 14.3. The van der Waals surface area contributed by atoms with E-state index in [-0.39, 0.29) is 30.1 Å². The second-order valence-electron chi connectivity index (χ2n) is 4.15. The van der Waals surface area contributed by atoms with Gasteiger partial charge in [0.15, 0.2) is 11.6 Å². The van der Waals surface area contributed by atoms with E-state index in [9.17, 15) is 13.6 Å². The van der Waals surface area contributed by atoms with Gasteiger partial charge in [-0.2, -0.15) is 0 Å². The van der Waals surface area contributed by atoms with Gasteiger partial charge in [0.05, 0.1) is 12.8 Å². The number of methoxy groups -OCH3 is 1. The number of alkyl halides is 1. The SMILES string of the molecule is COc1c(F)c(N2CCC(Cl)C2=O)cc(F)c1CN. The summed E-state index contributed by atoms with van der Waals surface area (Å²) < 4.78 is 33.0. The average molecular weight is 291 g/mol. The zero-order chi connectivity index (χ0) is 14.2. The highest BCUT2D eigenvalue weighted by molar-refractivity contribution is 6.33. The van der Waals surface area contributed by atoms with Crippen molar-refractivity contribution in [3.05, 3.63) is 23.3 Å². The van der Waals surface area contributed by atoms with Crippen molar-refractivity contribution in [2.75, 3.05) is 18.6 Å². The lowest BCUT2D eigenvalue weighted by atomic mass is 10.1. The van der Waals surface area contributed by atoms with Crippen LogP contribution in [-0.2, 0) is 11.3 Å². The zero-order valence-electron chi connectivity index (χ0n) is 10.3. The number of ether oxygens (including phenoxy) is 1. The lowest BCUT2D eigenvalue weighted by Crippen LogP contribution is -2.28. The molecule has 1 aromatic rings. The van der Waals surface area contributed by atoms with Gasteiger partial charge in [-0.25, -0.2) is 8.78 Å². The minimum atomic E-state index is -0.802. The Balaban J connectivity index is 2.53. The molecule has 2 rings (SSSR count). The number of amides is 1. The lowest BCUT2D eigenvalue weighted by molar-refractivity contribution is -0.116. The minimum Gasteiger partial charge on any atom is -0.493 e. The zero-order valence-corrected chi connectivity index (χ0v) is 11.0. The van der Waals surface area contributed by atoms with Gasteiger partial charge >= 0.3 is 0 Å². The van der Waals surface area contributed by atoms with Crippen LogP contribution in [0.4, 0.5) is 14.5 Å². The van der Waals surface area contributed by atoms with Crippen LogP contribution in [0.3, 0.4) is 0 Å². The van der Waals surface area contributed by atoms with Gasteiger partial charge in [-0.3, -0.25) is 4.79 Å². The van der Waals surface area contributed by atoms with Gasteiger partial charge in [-0.15, -0.1) is 11.6 Å². The lowest BCUT2D eigenvalue weighted by Gasteiger charge is -2.20. The number of benzene rings is 1. The monoisotopic (exact) mass is 290 g/mol. The van der Waals surface area contributed by atoms with Crippen LogP contribution in [0, 0.1) is 11.6 Å². The number of nitrogens with zero attached hydrogens (tertiary/aromatic N) is 1. The van der Waals surface area contributed by atoms with Gasteiger partial charge in [-0.1, -0.05) is 0 Å². The summed E-state index contributed by atoms with van der Waals surface area (Å²) in [5.74, 6) is -2.23. The standard InChI is InChI=1S/C12H13ClF2N2O2/c1-19-11-6(5-16)8(14)4-9(10(11)15)17-3-2-7(13)12(17)18/h4,7H,2-3,5,16H2,1H3. The third-order valence-corrected chi connectivity index (χ3v) is 3.49. The Morgan fingerprint density at radius 2 is 2.26 bits per heavy atom. The summed E-state index contributed by atoms with van der Waals surface area (Å²) in [5.41, 5.74) is 5.14. The van der Waals surface area contributed by atoms with Crippen LogP contribution in [0.25, 0.3) is 0 Å². The van der Waals surface area contributed by atoms with Gasteiger partial charge < -0.3 is 15.4 Å². The largest absolute Gasteiger partial charge is 0.493 e. The molecule has 0 aliphatic carbocycles. The van der Waals surface area contributed by atoms with Crippen LogP contribution in [-0.4, -0.2) is 24.9 Å². The summed E-state index contributed by atoms with van der Waals surface area (Å²) in [6.07, 6.45) is 0.391. The quantitative estimate of drug-likeness (QED) is 0.863. The first-order valence-corrected chi connectivity index (χ1v) is 6.15. The molecule has 0 radical (unpaired) electrons. The van der Waals surface area contributed by atoms with Crippen molar-refractivity contribution in [3.63, 3.8) is 0 Å². The number of rotatable bonds is 3. The summed E-state index contributed by atoms with van der Waals surface area (Å²) in [5, 5.41) is -0.706. The van der Waals surface area contributed by atoms with E-state index >= 15 is 0 Å². The smallest absolute Gasteiger partial charge is 0.245 e. The van der Waals surface area contributed by atoms with Gasteiger partial charge in [0.25, 0.3) is 0 Å². The Labute approximate surface area is 114 Å². The molecule has 1 aliphatic heterocycles. The predicted molar refractivity (Wildman–Crippen MR) is 67.4 cm³/mol. The summed E-state index contributed by atoms with van der Waals surface area (Å²) >= 11 is 5.77. The van der Waals surface area contributed by atoms with Gasteiger partial charge in [0.2, 0.25) is 5.91 Å². The van der Waals surface area contributed by atoms with Crippen LogP contribution >= 0.6 is 11.6 Å². The highest BCUT2D eigenvalue weighted by atomic mass is 35.5. The van der Waals surface area contributed by atoms with Crippen LogP contribution in [0.2, 0.25) is 0 Å². The van der Waals surface area contributed by atoms with Crippen molar-refractivity contribution in [1.82, 2.24) is 0 Å². The molecular weight excluding hydrogens is 278 g/mol. The fraction of sp³-hybridized carbons (Fsp3) is 0.417. The van der Waals surface area contributed by atoms with Crippen LogP contribution in [0.15, 0.2) is 6.07 Å². The Morgan fingerprint density at radius 3 is 2.74 bits per heavy atom. The molecule has 0 spiro atoms. The molecule has 0 aromatic heterocycles. The highest BCUT2D eigenvalue weighted by Crippen LogP contribution is 2.35. The molecule has 7 heteroatoms. The fourth-order valence-corrected chi connectivity index (χ4v) is 2.33. The molecule has 2 N–H and O–H groups in total. The van der Waals surface area contributed by atoms with E-state index in [1.54, 1.807) is 0 Å². The fourth-order valence-electron chi connectivity index (χ4n) is 2.11. The molecule has 1 aromatic carbocycles. The van der Waals surface area contributed by atoms with E-state index in [1.165, 1.54) is 7.11 Å². The molecule has 1 amide bonds. The molecule has 1 atom stereocenters. The van der Waals surface area contributed by atoms with Crippen LogP contribution < -0.4 is 15.4 Å². The molecule has 19 heavy (non-hydrogen) atoms. The van der Waals surface area contributed by atoms with Crippen molar-refractivity contribution in [1.29, 1.82) is 0 Å². The van der Waals surface area contributed by atoms with Crippen molar-refractivity contribution in [3.8, 4) is 5.75 Å². The Morgan fingerprint density at radius 1 is 1.58 bits per heavy atom. The van der Waals surface area contributed by atoms with Gasteiger partial charge in [-0.05, 0) is 6.42 Å². The number of nitrogens with two attached hydrogens (primary N) is 1. The average Bonchev–Trinajstić information content (AvgIpc) is 2.72. The van der Waals surface area contributed by atoms with E-state index in [0.717, 1.165) is 11.0 Å². The van der Waals surface area contributed by atoms with Crippen molar-refractivity contribution < 1.29 is 18.3 Å².